The van der Waals surface area contributed by atoms with Crippen LogP contribution in [-0.4, -0.2) is 51.0 Å². The number of benzene rings is 2. The fraction of sp³-hybridized carbons (Fsp3) is 0.385. The first-order chi connectivity index (χ1) is 17.6. The number of aromatic nitrogens is 2. The molecule has 0 saturated carbocycles. The van der Waals surface area contributed by atoms with E-state index in [9.17, 15) is 13.2 Å². The second kappa shape index (κ2) is 11.3. The highest BCUT2D eigenvalue weighted by molar-refractivity contribution is 7.92. The van der Waals surface area contributed by atoms with E-state index in [1.807, 2.05) is 6.20 Å². The second-order valence-corrected chi connectivity index (χ2v) is 12.1. The van der Waals surface area contributed by atoms with E-state index >= 15 is 0 Å². The molecular weight excluding hydrogens is 533 g/mol. The van der Waals surface area contributed by atoms with Gasteiger partial charge in [0.25, 0.3) is 15.9 Å². The Morgan fingerprint density at radius 2 is 1.86 bits per heavy atom. The zero-order chi connectivity index (χ0) is 26.7. The van der Waals surface area contributed by atoms with Crippen molar-refractivity contribution < 1.29 is 13.2 Å². The summed E-state index contributed by atoms with van der Waals surface area (Å²) in [6.07, 6.45) is 6.53. The van der Waals surface area contributed by atoms with E-state index in [2.05, 4.69) is 20.2 Å². The highest BCUT2D eigenvalue weighted by atomic mass is 35.5. The summed E-state index contributed by atoms with van der Waals surface area (Å²) in [5, 5.41) is 3.70. The van der Waals surface area contributed by atoms with E-state index in [0.717, 1.165) is 42.6 Å². The average molecular weight is 565 g/mol. The van der Waals surface area contributed by atoms with Gasteiger partial charge in [-0.15, -0.1) is 0 Å². The summed E-state index contributed by atoms with van der Waals surface area (Å²) in [7, 11) is -2.50. The molecule has 0 aliphatic carbocycles. The van der Waals surface area contributed by atoms with Crippen LogP contribution in [0.5, 0.6) is 0 Å². The molecule has 37 heavy (non-hydrogen) atoms. The molecule has 1 aromatic heterocycles. The number of aryl methyl sites for hydroxylation is 2. The number of halogens is 2. The van der Waals surface area contributed by atoms with Gasteiger partial charge in [-0.1, -0.05) is 23.2 Å². The number of hydrogen-bond acceptors (Lipinski definition) is 5. The molecule has 1 aliphatic heterocycles. The maximum absolute atomic E-state index is 13.4. The van der Waals surface area contributed by atoms with Gasteiger partial charge in [0.1, 0.15) is 0 Å². The Bertz CT molecular complexity index is 1370. The minimum absolute atomic E-state index is 0.140. The van der Waals surface area contributed by atoms with Gasteiger partial charge < -0.3 is 15.2 Å². The number of rotatable bonds is 8. The molecular formula is C26H31Cl2N5O3S. The fourth-order valence-electron chi connectivity index (χ4n) is 4.56. The first-order valence-corrected chi connectivity index (χ1v) is 14.3. The lowest BCUT2D eigenvalue weighted by atomic mass is 9.93. The first kappa shape index (κ1) is 27.3. The van der Waals surface area contributed by atoms with Crippen LogP contribution in [0.1, 0.15) is 40.7 Å². The van der Waals surface area contributed by atoms with Crippen LogP contribution in [0.25, 0.3) is 0 Å². The van der Waals surface area contributed by atoms with Gasteiger partial charge >= 0.3 is 0 Å². The maximum Gasteiger partial charge on any atom is 0.264 e. The number of nitrogens with zero attached hydrogens (tertiary/aromatic N) is 3. The Hall–Kier alpha value is -2.75. The highest BCUT2D eigenvalue weighted by Gasteiger charge is 2.26. The third kappa shape index (κ3) is 6.05. The molecule has 2 aromatic carbocycles. The number of H-pyrrole nitrogens is 1. The molecule has 0 atom stereocenters. The van der Waals surface area contributed by atoms with Crippen LogP contribution in [0.4, 0.5) is 11.6 Å². The smallest absolute Gasteiger partial charge is 0.264 e. The Kier molecular flexibility index (Phi) is 8.36. The van der Waals surface area contributed by atoms with Gasteiger partial charge in [0.15, 0.2) is 0 Å². The fourth-order valence-corrected chi connectivity index (χ4v) is 6.57. The lowest BCUT2D eigenvalue weighted by Gasteiger charge is -2.31. The van der Waals surface area contributed by atoms with E-state index in [4.69, 9.17) is 23.2 Å². The molecule has 1 aliphatic rings. The minimum atomic E-state index is -3.93. The summed E-state index contributed by atoms with van der Waals surface area (Å²) in [6, 6.07) is 7.83. The number of hydrogen-bond donors (Lipinski definition) is 2. The van der Waals surface area contributed by atoms with Gasteiger partial charge in [-0.25, -0.2) is 13.4 Å². The van der Waals surface area contributed by atoms with Crippen LogP contribution >= 0.6 is 23.2 Å². The SMILES string of the molecule is Cc1cc(S(=O)(=O)N(C)c2cc(C(=O)NCCC3CCN(c4ncc[nH]4)CC3)ccc2Cl)c(C)cc1Cl. The minimum Gasteiger partial charge on any atom is -0.352 e. The number of nitrogens with one attached hydrogen (secondary N) is 2. The van der Waals surface area contributed by atoms with E-state index in [0.29, 0.717) is 34.2 Å². The van der Waals surface area contributed by atoms with E-state index in [1.165, 1.54) is 13.1 Å². The molecule has 11 heteroatoms. The number of imidazole rings is 1. The molecule has 0 radical (unpaired) electrons. The number of anilines is 2. The van der Waals surface area contributed by atoms with Crippen molar-refractivity contribution in [2.45, 2.75) is 38.0 Å². The van der Waals surface area contributed by atoms with E-state index in [-0.39, 0.29) is 21.5 Å². The Morgan fingerprint density at radius 3 is 2.54 bits per heavy atom. The van der Waals surface area contributed by atoms with Crippen LogP contribution in [0.2, 0.25) is 10.0 Å². The zero-order valence-electron chi connectivity index (χ0n) is 21.1. The topological polar surface area (TPSA) is 98.4 Å². The van der Waals surface area contributed by atoms with Gasteiger partial charge in [-0.2, -0.15) is 0 Å². The molecule has 0 bridgehead atoms. The van der Waals surface area contributed by atoms with Crippen LogP contribution in [0.3, 0.4) is 0 Å². The lowest BCUT2D eigenvalue weighted by Crippen LogP contribution is -2.35. The van der Waals surface area contributed by atoms with Crippen molar-refractivity contribution in [2.75, 3.05) is 35.9 Å². The summed E-state index contributed by atoms with van der Waals surface area (Å²) >= 11 is 12.5. The summed E-state index contributed by atoms with van der Waals surface area (Å²) in [4.78, 5) is 22.7. The van der Waals surface area contributed by atoms with Crippen molar-refractivity contribution in [1.82, 2.24) is 15.3 Å². The maximum atomic E-state index is 13.4. The van der Waals surface area contributed by atoms with Crippen molar-refractivity contribution >= 4 is 50.8 Å². The second-order valence-electron chi connectivity index (χ2n) is 9.39. The summed E-state index contributed by atoms with van der Waals surface area (Å²) in [5.74, 6) is 1.16. The predicted molar refractivity (Wildman–Crippen MR) is 148 cm³/mol. The van der Waals surface area contributed by atoms with Gasteiger partial charge in [0.05, 0.1) is 15.6 Å². The van der Waals surface area contributed by atoms with Crippen LogP contribution in [-0.2, 0) is 10.0 Å². The molecule has 1 fully saturated rings. The molecule has 2 heterocycles. The van der Waals surface area contributed by atoms with Gasteiger partial charge in [-0.3, -0.25) is 9.10 Å². The van der Waals surface area contributed by atoms with Crippen LogP contribution in [0.15, 0.2) is 47.6 Å². The van der Waals surface area contributed by atoms with Crippen molar-refractivity contribution in [1.29, 1.82) is 0 Å². The Balaban J connectivity index is 1.39. The largest absolute Gasteiger partial charge is 0.352 e. The van der Waals surface area contributed by atoms with Gasteiger partial charge in [-0.05, 0) is 80.5 Å². The first-order valence-electron chi connectivity index (χ1n) is 12.2. The number of sulfonamides is 1. The van der Waals surface area contributed by atoms with Gasteiger partial charge in [0.2, 0.25) is 5.95 Å². The third-order valence-corrected chi connectivity index (χ3v) is 9.52. The zero-order valence-corrected chi connectivity index (χ0v) is 23.4. The summed E-state index contributed by atoms with van der Waals surface area (Å²) in [5.41, 5.74) is 1.76. The van der Waals surface area contributed by atoms with Crippen molar-refractivity contribution in [3.05, 3.63) is 69.5 Å². The number of aromatic amines is 1. The molecule has 198 valence electrons. The van der Waals surface area contributed by atoms with E-state index in [1.54, 1.807) is 44.3 Å². The molecule has 1 saturated heterocycles. The standard InChI is InChI=1S/C26H31Cl2N5O3S/c1-17-15-24(18(2)14-22(17)28)37(35,36)32(3)23-16-20(4-5-21(23)27)25(34)29-9-6-19-7-12-33(13-8-19)26-30-10-11-31-26/h4-5,10-11,14-16,19H,6-9,12-13H2,1-3H3,(H,29,34)(H,30,31). The average Bonchev–Trinajstić information content (AvgIpc) is 3.41. The van der Waals surface area contributed by atoms with Gasteiger partial charge in [0, 0.05) is 49.7 Å². The number of amides is 1. The Morgan fingerprint density at radius 1 is 1.14 bits per heavy atom. The highest BCUT2D eigenvalue weighted by Crippen LogP contribution is 2.33. The third-order valence-electron chi connectivity index (χ3n) is 6.88. The molecule has 0 unspecified atom stereocenters. The van der Waals surface area contributed by atoms with Crippen LogP contribution in [0, 0.1) is 19.8 Å². The van der Waals surface area contributed by atoms with Crippen LogP contribution < -0.4 is 14.5 Å². The molecule has 0 spiro atoms. The number of carbonyl (C=O) groups is 1. The molecule has 2 N–H and O–H groups in total. The number of carbonyl (C=O) groups excluding carboxylic acids is 1. The summed E-state index contributed by atoms with van der Waals surface area (Å²) < 4.78 is 27.9. The molecule has 3 aromatic rings. The van der Waals surface area contributed by atoms with Crippen molar-refractivity contribution in [2.24, 2.45) is 5.92 Å². The monoisotopic (exact) mass is 563 g/mol. The van der Waals surface area contributed by atoms with E-state index < -0.39 is 10.0 Å². The lowest BCUT2D eigenvalue weighted by molar-refractivity contribution is 0.0950. The quantitative estimate of drug-likeness (QED) is 0.392. The number of piperidine rings is 1. The Labute approximate surface area is 228 Å². The molecule has 1 amide bonds. The summed E-state index contributed by atoms with van der Waals surface area (Å²) in [6.45, 7) is 5.85. The molecule has 8 nitrogen and oxygen atoms in total. The van der Waals surface area contributed by atoms with Crippen molar-refractivity contribution in [3.63, 3.8) is 0 Å². The van der Waals surface area contributed by atoms with Crippen molar-refractivity contribution in [3.8, 4) is 0 Å². The predicted octanol–water partition coefficient (Wildman–Crippen LogP) is 5.19. The molecule has 4 rings (SSSR count). The normalized spacial score (nSPS) is 14.6.